The van der Waals surface area contributed by atoms with Gasteiger partial charge in [-0.25, -0.2) is 31.1 Å². The molecule has 0 fully saturated rings. The van der Waals surface area contributed by atoms with Gasteiger partial charge in [0.25, 0.3) is 5.92 Å². The van der Waals surface area contributed by atoms with E-state index in [1.807, 2.05) is 4.72 Å². The SMILES string of the molecule is C[N+](C)(CCCNS(=O)(=O)CCC(F)(F)CC(F)(C(F)(F)F)C(F)(F)F)CC(=O)O. The Morgan fingerprint density at radius 1 is 0.967 bits per heavy atom. The quantitative estimate of drug-likeness (QED) is 0.253. The van der Waals surface area contributed by atoms with Crippen molar-refractivity contribution in [1.29, 1.82) is 0 Å². The van der Waals surface area contributed by atoms with Crippen molar-refractivity contribution in [2.24, 2.45) is 0 Å². The fourth-order valence-corrected chi connectivity index (χ4v) is 3.51. The molecule has 16 heteroatoms. The Hall–Kier alpha value is -1.29. The lowest BCUT2D eigenvalue weighted by atomic mass is 9.94. The molecule has 0 aromatic heterocycles. The number of carboxylic acids is 1. The number of alkyl halides is 9. The fraction of sp³-hybridized carbons (Fsp3) is 0.929. The second-order valence-corrected chi connectivity index (χ2v) is 9.28. The molecule has 0 aromatic rings. The number of nitrogens with one attached hydrogen (secondary N) is 1. The predicted octanol–water partition coefficient (Wildman–Crippen LogP) is 2.71. The third-order valence-electron chi connectivity index (χ3n) is 3.96. The van der Waals surface area contributed by atoms with E-state index in [1.165, 1.54) is 14.1 Å². The zero-order valence-corrected chi connectivity index (χ0v) is 16.7. The van der Waals surface area contributed by atoms with Crippen LogP contribution in [0.25, 0.3) is 0 Å². The summed E-state index contributed by atoms with van der Waals surface area (Å²) in [4.78, 5) is 10.6. The van der Waals surface area contributed by atoms with Gasteiger partial charge in [-0.2, -0.15) is 26.3 Å². The summed E-state index contributed by atoms with van der Waals surface area (Å²) >= 11 is 0. The number of sulfonamides is 1. The van der Waals surface area contributed by atoms with Crippen LogP contribution >= 0.6 is 0 Å². The average molecular weight is 485 g/mol. The van der Waals surface area contributed by atoms with E-state index in [2.05, 4.69) is 0 Å². The number of carbonyl (C=O) groups is 1. The predicted molar refractivity (Wildman–Crippen MR) is 86.0 cm³/mol. The molecule has 0 spiro atoms. The second kappa shape index (κ2) is 9.46. The van der Waals surface area contributed by atoms with E-state index in [9.17, 15) is 52.7 Å². The van der Waals surface area contributed by atoms with Crippen LogP contribution < -0.4 is 4.72 Å². The molecule has 0 amide bonds. The molecule has 0 saturated carbocycles. The number of quaternary nitrogens is 1. The molecule has 0 heterocycles. The molecule has 0 atom stereocenters. The summed E-state index contributed by atoms with van der Waals surface area (Å²) in [5, 5.41) is 8.70. The number of hydrogen-bond acceptors (Lipinski definition) is 3. The number of rotatable bonds is 12. The first-order valence-corrected chi connectivity index (χ1v) is 9.90. The standard InChI is InChI=1S/C14H21F9N2O4S/c1-25(2,8-10(26)27)6-3-5-24-30(28,29)7-4-11(15,16)9-12(17,13(18,19)20)14(21,22)23/h24H,3-9H2,1-2H3/p+1. The first-order valence-electron chi connectivity index (χ1n) is 8.25. The lowest BCUT2D eigenvalue weighted by Gasteiger charge is -2.32. The number of halogens is 9. The van der Waals surface area contributed by atoms with Crippen molar-refractivity contribution < 1.29 is 62.3 Å². The Bertz CT molecular complexity index is 677. The van der Waals surface area contributed by atoms with Crippen molar-refractivity contribution in [1.82, 2.24) is 4.72 Å². The maximum absolute atomic E-state index is 13.6. The molecule has 6 nitrogen and oxygen atoms in total. The zero-order chi connectivity index (χ0) is 24.2. The Morgan fingerprint density at radius 3 is 1.83 bits per heavy atom. The van der Waals surface area contributed by atoms with Gasteiger partial charge >= 0.3 is 24.0 Å². The van der Waals surface area contributed by atoms with Crippen molar-refractivity contribution in [3.05, 3.63) is 0 Å². The summed E-state index contributed by atoms with van der Waals surface area (Å²) in [7, 11) is -1.48. The smallest absolute Gasteiger partial charge is 0.431 e. The van der Waals surface area contributed by atoms with Crippen LogP contribution in [0.4, 0.5) is 39.5 Å². The number of hydrogen-bond donors (Lipinski definition) is 2. The summed E-state index contributed by atoms with van der Waals surface area (Å²) in [5.74, 6) is -7.59. The molecular weight excluding hydrogens is 463 g/mol. The molecule has 0 bridgehead atoms. The van der Waals surface area contributed by atoms with Gasteiger partial charge in [0, 0.05) is 19.4 Å². The van der Waals surface area contributed by atoms with E-state index >= 15 is 0 Å². The van der Waals surface area contributed by atoms with Crippen LogP contribution in [0.1, 0.15) is 19.3 Å². The van der Waals surface area contributed by atoms with Gasteiger partial charge in [-0.15, -0.1) is 0 Å². The Morgan fingerprint density at radius 2 is 1.43 bits per heavy atom. The first kappa shape index (κ1) is 28.7. The zero-order valence-electron chi connectivity index (χ0n) is 15.9. The Kier molecular flexibility index (Phi) is 9.05. The van der Waals surface area contributed by atoms with Crippen LogP contribution in [0.3, 0.4) is 0 Å². The monoisotopic (exact) mass is 485 g/mol. The molecule has 0 aliphatic heterocycles. The van der Waals surface area contributed by atoms with Crippen molar-refractivity contribution >= 4 is 16.0 Å². The molecule has 0 saturated heterocycles. The lowest BCUT2D eigenvalue weighted by Crippen LogP contribution is -2.56. The summed E-state index contributed by atoms with van der Waals surface area (Å²) < 4.78 is 140. The van der Waals surface area contributed by atoms with Gasteiger partial charge in [0.2, 0.25) is 10.0 Å². The number of carboxylic acid groups (broad SMARTS) is 1. The van der Waals surface area contributed by atoms with Crippen LogP contribution in [0.5, 0.6) is 0 Å². The van der Waals surface area contributed by atoms with E-state index in [4.69, 9.17) is 5.11 Å². The minimum absolute atomic E-state index is 0.0391. The molecule has 0 aliphatic rings. The highest BCUT2D eigenvalue weighted by Gasteiger charge is 2.74. The molecule has 0 rings (SSSR count). The maximum Gasteiger partial charge on any atom is 0.431 e. The topological polar surface area (TPSA) is 83.5 Å². The highest BCUT2D eigenvalue weighted by atomic mass is 32.2. The lowest BCUT2D eigenvalue weighted by molar-refractivity contribution is -0.883. The molecule has 0 unspecified atom stereocenters. The molecule has 180 valence electrons. The van der Waals surface area contributed by atoms with E-state index in [1.54, 1.807) is 0 Å². The van der Waals surface area contributed by atoms with Gasteiger partial charge in [-0.3, -0.25) is 0 Å². The molecule has 2 N–H and O–H groups in total. The highest BCUT2D eigenvalue weighted by Crippen LogP contribution is 2.51. The molecule has 0 aromatic carbocycles. The van der Waals surface area contributed by atoms with Gasteiger partial charge in [-0.05, 0) is 0 Å². The van der Waals surface area contributed by atoms with E-state index in [0.717, 1.165) is 0 Å². The van der Waals surface area contributed by atoms with Crippen LogP contribution in [-0.2, 0) is 14.8 Å². The summed E-state index contributed by atoms with van der Waals surface area (Å²) in [6, 6.07) is 0. The number of nitrogens with zero attached hydrogens (tertiary/aromatic N) is 1. The summed E-state index contributed by atoms with van der Waals surface area (Å²) in [6.45, 7) is -0.470. The molecule has 0 radical (unpaired) electrons. The van der Waals surface area contributed by atoms with Crippen molar-refractivity contribution in [2.45, 2.75) is 43.2 Å². The number of aliphatic carboxylic acids is 1. The normalized spacial score (nSPS) is 14.8. The van der Waals surface area contributed by atoms with Crippen molar-refractivity contribution in [3.8, 4) is 0 Å². The van der Waals surface area contributed by atoms with Gasteiger partial charge in [0.05, 0.1) is 32.8 Å². The largest absolute Gasteiger partial charge is 0.477 e. The number of likely N-dealkylation sites (N-methyl/N-ethyl adjacent to an activating group) is 1. The highest BCUT2D eigenvalue weighted by molar-refractivity contribution is 7.89. The Labute approximate surface area is 166 Å². The van der Waals surface area contributed by atoms with Crippen LogP contribution in [0, 0.1) is 0 Å². The van der Waals surface area contributed by atoms with Gasteiger partial charge < -0.3 is 9.59 Å². The van der Waals surface area contributed by atoms with Gasteiger partial charge in [-0.1, -0.05) is 0 Å². The maximum atomic E-state index is 13.6. The van der Waals surface area contributed by atoms with Crippen molar-refractivity contribution in [3.63, 3.8) is 0 Å². The first-order chi connectivity index (χ1) is 13.0. The summed E-state index contributed by atoms with van der Waals surface area (Å²) in [6.07, 6.45) is -18.6. The van der Waals surface area contributed by atoms with Gasteiger partial charge in [0.15, 0.2) is 6.54 Å². The molecule has 30 heavy (non-hydrogen) atoms. The van der Waals surface area contributed by atoms with E-state index in [-0.39, 0.29) is 30.5 Å². The minimum atomic E-state index is -6.67. The van der Waals surface area contributed by atoms with Gasteiger partial charge in [0.1, 0.15) is 0 Å². The average Bonchev–Trinajstić information content (AvgIpc) is 2.46. The van der Waals surface area contributed by atoms with E-state index < -0.39 is 58.5 Å². The van der Waals surface area contributed by atoms with Crippen LogP contribution in [-0.4, -0.2) is 87.4 Å². The fourth-order valence-electron chi connectivity index (χ4n) is 2.34. The van der Waals surface area contributed by atoms with E-state index in [0.29, 0.717) is 0 Å². The third-order valence-corrected chi connectivity index (χ3v) is 5.35. The van der Waals surface area contributed by atoms with Crippen LogP contribution in [0.15, 0.2) is 0 Å². The second-order valence-electron chi connectivity index (χ2n) is 7.36. The van der Waals surface area contributed by atoms with Crippen LogP contribution in [0.2, 0.25) is 0 Å². The third kappa shape index (κ3) is 9.24. The summed E-state index contributed by atoms with van der Waals surface area (Å²) in [5.41, 5.74) is -6.20. The van der Waals surface area contributed by atoms with Crippen molar-refractivity contribution in [2.75, 3.05) is 39.5 Å². The molecular formula is C14H22F9N2O4S+. The minimum Gasteiger partial charge on any atom is -0.477 e. The molecule has 0 aliphatic carbocycles. The Balaban J connectivity index is 4.86.